The Morgan fingerprint density at radius 2 is 2.03 bits per heavy atom. The minimum Gasteiger partial charge on any atom is -0.325 e. The van der Waals surface area contributed by atoms with Gasteiger partial charge in [0.25, 0.3) is 5.78 Å². The van der Waals surface area contributed by atoms with Crippen molar-refractivity contribution in [3.05, 3.63) is 46.6 Å². The van der Waals surface area contributed by atoms with Crippen molar-refractivity contribution in [1.29, 1.82) is 0 Å². The van der Waals surface area contributed by atoms with Crippen LogP contribution in [0.25, 0.3) is 21.6 Å². The van der Waals surface area contributed by atoms with Crippen molar-refractivity contribution in [3.8, 4) is 0 Å². The number of fused-ring (bicyclic) bond motifs is 8. The summed E-state index contributed by atoms with van der Waals surface area (Å²) in [6.07, 6.45) is 6.14. The van der Waals surface area contributed by atoms with Gasteiger partial charge in [-0.2, -0.15) is 9.61 Å². The molecule has 1 aliphatic rings. The third-order valence-electron chi connectivity index (χ3n) is 5.60. The largest absolute Gasteiger partial charge is 0.325 e. The molecule has 0 saturated carbocycles. The van der Waals surface area contributed by atoms with Gasteiger partial charge in [0.05, 0.1) is 11.1 Å². The summed E-state index contributed by atoms with van der Waals surface area (Å²) in [4.78, 5) is 19.5. The molecule has 0 spiro atoms. The van der Waals surface area contributed by atoms with Crippen LogP contribution in [0.2, 0.25) is 0 Å². The van der Waals surface area contributed by atoms with Crippen LogP contribution in [-0.2, 0) is 17.6 Å². The Morgan fingerprint density at radius 3 is 2.90 bits per heavy atom. The molecule has 31 heavy (non-hydrogen) atoms. The van der Waals surface area contributed by atoms with Gasteiger partial charge in [-0.25, -0.2) is 9.38 Å². The summed E-state index contributed by atoms with van der Waals surface area (Å²) in [6.45, 7) is 2.02. The number of thiophene rings is 1. The molecule has 156 valence electrons. The van der Waals surface area contributed by atoms with Gasteiger partial charge in [0.2, 0.25) is 5.91 Å². The highest BCUT2D eigenvalue weighted by atomic mass is 32.2. The lowest BCUT2D eigenvalue weighted by Gasteiger charge is -2.10. The number of aromatic nitrogens is 6. The van der Waals surface area contributed by atoms with Crippen LogP contribution in [0.15, 0.2) is 35.7 Å². The van der Waals surface area contributed by atoms with Crippen molar-refractivity contribution < 1.29 is 4.79 Å². The van der Waals surface area contributed by atoms with Gasteiger partial charge in [-0.1, -0.05) is 29.5 Å². The summed E-state index contributed by atoms with van der Waals surface area (Å²) in [5, 5.41) is 17.9. The number of carbonyl (C=O) groups excluding carboxylic acids is 1. The van der Waals surface area contributed by atoms with E-state index in [2.05, 4.69) is 25.6 Å². The van der Waals surface area contributed by atoms with Gasteiger partial charge in [-0.05, 0) is 50.3 Å². The van der Waals surface area contributed by atoms with Crippen molar-refractivity contribution in [1.82, 2.24) is 29.2 Å². The Bertz CT molecular complexity index is 1450. The molecule has 0 atom stereocenters. The lowest BCUT2D eigenvalue weighted by Crippen LogP contribution is -2.14. The van der Waals surface area contributed by atoms with Crippen LogP contribution in [0.1, 0.15) is 28.8 Å². The first-order chi connectivity index (χ1) is 15.2. The molecule has 0 bridgehead atoms. The second kappa shape index (κ2) is 7.31. The number of benzene rings is 1. The molecule has 0 aliphatic heterocycles. The normalized spacial score (nSPS) is 13.8. The molecule has 0 fully saturated rings. The number of carbonyl (C=O) groups is 1. The summed E-state index contributed by atoms with van der Waals surface area (Å²) >= 11 is 3.17. The number of nitrogens with zero attached hydrogens (tertiary/aromatic N) is 6. The van der Waals surface area contributed by atoms with Crippen molar-refractivity contribution in [2.24, 2.45) is 0 Å². The Balaban J connectivity index is 1.38. The maximum absolute atomic E-state index is 12.5. The Hall–Kier alpha value is -2.98. The fourth-order valence-corrected chi connectivity index (χ4v) is 6.31. The molecule has 8 nitrogen and oxygen atoms in total. The third-order valence-corrected chi connectivity index (χ3v) is 7.81. The molecule has 5 aromatic rings. The molecule has 10 heteroatoms. The highest BCUT2D eigenvalue weighted by Gasteiger charge is 2.24. The van der Waals surface area contributed by atoms with E-state index in [4.69, 9.17) is 0 Å². The van der Waals surface area contributed by atoms with E-state index in [1.54, 1.807) is 22.2 Å². The molecule has 1 amide bonds. The maximum Gasteiger partial charge on any atom is 0.260 e. The van der Waals surface area contributed by atoms with E-state index in [0.29, 0.717) is 10.9 Å². The number of hydrogen-bond donors (Lipinski definition) is 1. The first-order valence-corrected chi connectivity index (χ1v) is 12.0. The predicted octanol–water partition coefficient (Wildman–Crippen LogP) is 3.90. The summed E-state index contributed by atoms with van der Waals surface area (Å²) in [5.41, 5.74) is 4.17. The molecule has 4 heterocycles. The number of amides is 1. The van der Waals surface area contributed by atoms with Crippen molar-refractivity contribution in [3.63, 3.8) is 0 Å². The fourth-order valence-electron chi connectivity index (χ4n) is 4.13. The highest BCUT2D eigenvalue weighted by Crippen LogP contribution is 2.39. The van der Waals surface area contributed by atoms with Gasteiger partial charge in [0, 0.05) is 10.6 Å². The van der Waals surface area contributed by atoms with E-state index in [1.807, 2.05) is 35.6 Å². The monoisotopic (exact) mass is 449 g/mol. The summed E-state index contributed by atoms with van der Waals surface area (Å²) in [6, 6.07) is 7.78. The standard InChI is InChI=1S/C21H19N7OS2/c1-12-6-8-13(9-7-12)24-16(29)10-30-21-26-25-20-27(21)19-17(18-22-11-23-28(18)20)14-4-2-3-5-15(14)31-19/h6-9,11H,2-5,10H2,1H3,(H,24,29). The molecule has 1 N–H and O–H groups in total. The molecular formula is C21H19N7OS2. The number of nitrogens with one attached hydrogen (secondary N) is 1. The predicted molar refractivity (Wildman–Crippen MR) is 122 cm³/mol. The van der Waals surface area contributed by atoms with E-state index < -0.39 is 0 Å². The number of anilines is 1. The van der Waals surface area contributed by atoms with E-state index in [9.17, 15) is 4.79 Å². The molecule has 0 unspecified atom stereocenters. The van der Waals surface area contributed by atoms with Gasteiger partial charge in [-0.15, -0.1) is 21.5 Å². The van der Waals surface area contributed by atoms with Crippen LogP contribution in [0.5, 0.6) is 0 Å². The van der Waals surface area contributed by atoms with Crippen LogP contribution >= 0.6 is 23.1 Å². The average Bonchev–Trinajstić information content (AvgIpc) is 3.49. The highest BCUT2D eigenvalue weighted by molar-refractivity contribution is 7.99. The second-order valence-electron chi connectivity index (χ2n) is 7.71. The third kappa shape index (κ3) is 3.09. The average molecular weight is 450 g/mol. The first-order valence-electron chi connectivity index (χ1n) is 10.2. The van der Waals surface area contributed by atoms with Crippen molar-refractivity contribution >= 4 is 56.3 Å². The van der Waals surface area contributed by atoms with Crippen molar-refractivity contribution in [2.45, 2.75) is 37.8 Å². The summed E-state index contributed by atoms with van der Waals surface area (Å²) in [7, 11) is 0. The van der Waals surface area contributed by atoms with Gasteiger partial charge in [0.1, 0.15) is 11.2 Å². The first kappa shape index (κ1) is 18.8. The van der Waals surface area contributed by atoms with Crippen molar-refractivity contribution in [2.75, 3.05) is 11.1 Å². The Morgan fingerprint density at radius 1 is 1.19 bits per heavy atom. The zero-order valence-corrected chi connectivity index (χ0v) is 18.5. The van der Waals surface area contributed by atoms with E-state index >= 15 is 0 Å². The molecule has 4 aromatic heterocycles. The quantitative estimate of drug-likeness (QED) is 0.419. The van der Waals surface area contributed by atoms with Crippen LogP contribution in [0.4, 0.5) is 5.69 Å². The van der Waals surface area contributed by atoms with E-state index in [1.165, 1.54) is 35.0 Å². The molecule has 0 radical (unpaired) electrons. The molecular weight excluding hydrogens is 430 g/mol. The smallest absolute Gasteiger partial charge is 0.260 e. The zero-order valence-electron chi connectivity index (χ0n) is 16.8. The Kier molecular flexibility index (Phi) is 4.43. The lowest BCUT2D eigenvalue weighted by atomic mass is 9.97. The zero-order chi connectivity index (χ0) is 20.9. The Labute approximate surface area is 185 Å². The summed E-state index contributed by atoms with van der Waals surface area (Å²) in [5.74, 6) is 0.797. The topological polar surface area (TPSA) is 89.5 Å². The van der Waals surface area contributed by atoms with Gasteiger partial charge in [0.15, 0.2) is 10.8 Å². The van der Waals surface area contributed by atoms with Gasteiger partial charge in [-0.3, -0.25) is 4.79 Å². The molecule has 1 aromatic carbocycles. The number of hydrogen-bond acceptors (Lipinski definition) is 7. The molecule has 6 rings (SSSR count). The van der Waals surface area contributed by atoms with E-state index in [-0.39, 0.29) is 11.7 Å². The van der Waals surface area contributed by atoms with Crippen LogP contribution in [0, 0.1) is 6.92 Å². The minimum absolute atomic E-state index is 0.0749. The lowest BCUT2D eigenvalue weighted by molar-refractivity contribution is -0.113. The fraction of sp³-hybridized carbons (Fsp3) is 0.286. The van der Waals surface area contributed by atoms with Gasteiger partial charge < -0.3 is 5.32 Å². The maximum atomic E-state index is 12.5. The van der Waals surface area contributed by atoms with Crippen LogP contribution in [-0.4, -0.2) is 40.9 Å². The molecule has 1 aliphatic carbocycles. The summed E-state index contributed by atoms with van der Waals surface area (Å²) < 4.78 is 3.79. The number of aryl methyl sites for hydroxylation is 3. The molecule has 0 saturated heterocycles. The number of rotatable bonds is 4. The minimum atomic E-state index is -0.0749. The van der Waals surface area contributed by atoms with E-state index in [0.717, 1.165) is 40.0 Å². The van der Waals surface area contributed by atoms with Crippen LogP contribution < -0.4 is 5.32 Å². The SMILES string of the molecule is Cc1ccc(NC(=O)CSc2nnc3n4ncnc4c4c5c(sc4n23)CCCC5)cc1. The van der Waals surface area contributed by atoms with Gasteiger partial charge >= 0.3 is 0 Å². The second-order valence-corrected chi connectivity index (χ2v) is 9.73. The number of thioether (sulfide) groups is 1. The van der Waals surface area contributed by atoms with Crippen LogP contribution in [0.3, 0.4) is 0 Å².